The van der Waals surface area contributed by atoms with E-state index in [1.165, 1.54) is 19.4 Å². The Morgan fingerprint density at radius 1 is 1.29 bits per heavy atom. The van der Waals surface area contributed by atoms with Crippen LogP contribution in [0.4, 0.5) is 0 Å². The molecule has 1 aromatic rings. The Morgan fingerprint density at radius 3 is 2.86 bits per heavy atom. The first kappa shape index (κ1) is 9.53. The molecule has 1 aliphatic rings. The van der Waals surface area contributed by atoms with Crippen LogP contribution in [0.15, 0.2) is 30.3 Å². The minimum Gasteiger partial charge on any atom is -0.493 e. The number of rotatable bonds is 3. The van der Waals surface area contributed by atoms with E-state index in [1.54, 1.807) is 0 Å². The highest BCUT2D eigenvalue weighted by molar-refractivity contribution is 5.20. The summed E-state index contributed by atoms with van der Waals surface area (Å²) in [7, 11) is 0. The van der Waals surface area contributed by atoms with E-state index in [0.29, 0.717) is 5.92 Å². The Bertz CT molecular complexity index is 254. The monoisotopic (exact) mass is 191 g/mol. The molecular weight excluding hydrogens is 174 g/mol. The first-order chi connectivity index (χ1) is 6.95. The molecule has 2 rings (SSSR count). The third-order valence-corrected chi connectivity index (χ3v) is 2.63. The van der Waals surface area contributed by atoms with E-state index < -0.39 is 0 Å². The van der Waals surface area contributed by atoms with Crippen LogP contribution in [-0.2, 0) is 0 Å². The number of hydrogen-bond acceptors (Lipinski definition) is 2. The molecule has 1 N–H and O–H groups in total. The highest BCUT2D eigenvalue weighted by Crippen LogP contribution is 2.14. The molecule has 0 amide bonds. The van der Waals surface area contributed by atoms with E-state index in [2.05, 4.69) is 5.32 Å². The molecule has 76 valence electrons. The number of ether oxygens (including phenoxy) is 1. The van der Waals surface area contributed by atoms with Crippen molar-refractivity contribution >= 4 is 0 Å². The fraction of sp³-hybridized carbons (Fsp3) is 0.500. The van der Waals surface area contributed by atoms with Gasteiger partial charge in [0, 0.05) is 12.5 Å². The van der Waals surface area contributed by atoms with Crippen molar-refractivity contribution in [2.75, 3.05) is 19.7 Å². The van der Waals surface area contributed by atoms with Crippen LogP contribution in [0.5, 0.6) is 5.75 Å². The van der Waals surface area contributed by atoms with Crippen LogP contribution in [0.1, 0.15) is 12.8 Å². The maximum atomic E-state index is 5.71. The normalized spacial score (nSPS) is 21.9. The summed E-state index contributed by atoms with van der Waals surface area (Å²) >= 11 is 0. The maximum absolute atomic E-state index is 5.71. The predicted octanol–water partition coefficient (Wildman–Crippen LogP) is 2.06. The third-order valence-electron chi connectivity index (χ3n) is 2.63. The van der Waals surface area contributed by atoms with Gasteiger partial charge in [-0.05, 0) is 31.5 Å². The smallest absolute Gasteiger partial charge is 0.119 e. The van der Waals surface area contributed by atoms with Crippen molar-refractivity contribution in [1.82, 2.24) is 5.32 Å². The molecule has 0 saturated carbocycles. The lowest BCUT2D eigenvalue weighted by atomic mass is 10.0. The van der Waals surface area contributed by atoms with Gasteiger partial charge >= 0.3 is 0 Å². The van der Waals surface area contributed by atoms with Gasteiger partial charge in [-0.2, -0.15) is 0 Å². The molecule has 1 heterocycles. The van der Waals surface area contributed by atoms with Crippen LogP contribution < -0.4 is 10.1 Å². The molecule has 1 fully saturated rings. The molecule has 1 atom stereocenters. The summed E-state index contributed by atoms with van der Waals surface area (Å²) in [6.07, 6.45) is 2.57. The number of benzene rings is 1. The molecule has 0 spiro atoms. The fourth-order valence-electron chi connectivity index (χ4n) is 1.80. The average Bonchev–Trinajstić information content (AvgIpc) is 2.29. The van der Waals surface area contributed by atoms with Crippen LogP contribution >= 0.6 is 0 Å². The van der Waals surface area contributed by atoms with Gasteiger partial charge < -0.3 is 10.1 Å². The molecule has 1 aromatic carbocycles. The van der Waals surface area contributed by atoms with Crippen molar-refractivity contribution in [3.05, 3.63) is 30.3 Å². The second-order valence-corrected chi connectivity index (χ2v) is 3.84. The zero-order valence-corrected chi connectivity index (χ0v) is 8.41. The summed E-state index contributed by atoms with van der Waals surface area (Å²) in [6, 6.07) is 10.0. The third kappa shape index (κ3) is 2.74. The highest BCUT2D eigenvalue weighted by Gasteiger charge is 2.12. The molecule has 0 bridgehead atoms. The van der Waals surface area contributed by atoms with E-state index in [4.69, 9.17) is 4.74 Å². The number of para-hydroxylation sites is 1. The van der Waals surface area contributed by atoms with E-state index >= 15 is 0 Å². The minimum atomic E-state index is 0.684. The SMILES string of the molecule is c1ccc(OC[C@H]2CCCNC2)cc1. The topological polar surface area (TPSA) is 21.3 Å². The molecule has 0 radical (unpaired) electrons. The molecule has 14 heavy (non-hydrogen) atoms. The summed E-state index contributed by atoms with van der Waals surface area (Å²) in [5.74, 6) is 1.67. The van der Waals surface area contributed by atoms with E-state index in [9.17, 15) is 0 Å². The van der Waals surface area contributed by atoms with Crippen molar-refractivity contribution in [3.63, 3.8) is 0 Å². The average molecular weight is 191 g/mol. The van der Waals surface area contributed by atoms with Crippen LogP contribution in [-0.4, -0.2) is 19.7 Å². The molecule has 1 saturated heterocycles. The quantitative estimate of drug-likeness (QED) is 0.789. The fourth-order valence-corrected chi connectivity index (χ4v) is 1.80. The lowest BCUT2D eigenvalue weighted by molar-refractivity contribution is 0.218. The second-order valence-electron chi connectivity index (χ2n) is 3.84. The number of nitrogens with one attached hydrogen (secondary N) is 1. The summed E-state index contributed by atoms with van der Waals surface area (Å²) in [5, 5.41) is 3.39. The molecule has 0 aromatic heterocycles. The number of hydrogen-bond donors (Lipinski definition) is 1. The molecule has 2 nitrogen and oxygen atoms in total. The second kappa shape index (κ2) is 5.01. The van der Waals surface area contributed by atoms with Gasteiger partial charge in [0.2, 0.25) is 0 Å². The van der Waals surface area contributed by atoms with Crippen molar-refractivity contribution in [2.45, 2.75) is 12.8 Å². The van der Waals surface area contributed by atoms with Crippen molar-refractivity contribution in [2.24, 2.45) is 5.92 Å². The molecule has 0 aliphatic carbocycles. The molecule has 2 heteroatoms. The lowest BCUT2D eigenvalue weighted by Gasteiger charge is -2.22. The van der Waals surface area contributed by atoms with Crippen LogP contribution in [0.2, 0.25) is 0 Å². The molecular formula is C12H17NO. The van der Waals surface area contributed by atoms with E-state index in [1.807, 2.05) is 30.3 Å². The maximum Gasteiger partial charge on any atom is 0.119 e. The van der Waals surface area contributed by atoms with Gasteiger partial charge in [0.15, 0.2) is 0 Å². The van der Waals surface area contributed by atoms with Crippen molar-refractivity contribution < 1.29 is 4.74 Å². The Balaban J connectivity index is 1.76. The first-order valence-corrected chi connectivity index (χ1v) is 5.34. The standard InChI is InChI=1S/C12H17NO/c1-2-6-12(7-3-1)14-10-11-5-4-8-13-9-11/h1-3,6-7,11,13H,4-5,8-10H2/t11-/m0/s1. The van der Waals surface area contributed by atoms with Gasteiger partial charge in [0.1, 0.15) is 5.75 Å². The Labute approximate surface area is 85.3 Å². The largest absolute Gasteiger partial charge is 0.493 e. The summed E-state index contributed by atoms with van der Waals surface area (Å²) in [5.41, 5.74) is 0. The van der Waals surface area contributed by atoms with Gasteiger partial charge in [-0.3, -0.25) is 0 Å². The first-order valence-electron chi connectivity index (χ1n) is 5.34. The van der Waals surface area contributed by atoms with Gasteiger partial charge in [0.25, 0.3) is 0 Å². The van der Waals surface area contributed by atoms with Gasteiger partial charge in [-0.1, -0.05) is 18.2 Å². The zero-order valence-electron chi connectivity index (χ0n) is 8.41. The summed E-state index contributed by atoms with van der Waals surface area (Å²) in [6.45, 7) is 3.12. The summed E-state index contributed by atoms with van der Waals surface area (Å²) in [4.78, 5) is 0. The zero-order chi connectivity index (χ0) is 9.64. The Hall–Kier alpha value is -1.02. The summed E-state index contributed by atoms with van der Waals surface area (Å²) < 4.78 is 5.71. The minimum absolute atomic E-state index is 0.684. The lowest BCUT2D eigenvalue weighted by Crippen LogP contribution is -2.33. The Kier molecular flexibility index (Phi) is 3.41. The highest BCUT2D eigenvalue weighted by atomic mass is 16.5. The molecule has 0 unspecified atom stereocenters. The Morgan fingerprint density at radius 2 is 2.14 bits per heavy atom. The molecule has 1 aliphatic heterocycles. The van der Waals surface area contributed by atoms with Crippen LogP contribution in [0, 0.1) is 5.92 Å². The van der Waals surface area contributed by atoms with Crippen molar-refractivity contribution in [3.8, 4) is 5.75 Å². The van der Waals surface area contributed by atoms with Gasteiger partial charge in [-0.15, -0.1) is 0 Å². The van der Waals surface area contributed by atoms with Gasteiger partial charge in [-0.25, -0.2) is 0 Å². The van der Waals surface area contributed by atoms with Gasteiger partial charge in [0.05, 0.1) is 6.61 Å². The van der Waals surface area contributed by atoms with E-state index in [0.717, 1.165) is 18.9 Å². The number of piperidine rings is 1. The van der Waals surface area contributed by atoms with E-state index in [-0.39, 0.29) is 0 Å². The van der Waals surface area contributed by atoms with Crippen LogP contribution in [0.25, 0.3) is 0 Å². The van der Waals surface area contributed by atoms with Crippen molar-refractivity contribution in [1.29, 1.82) is 0 Å². The van der Waals surface area contributed by atoms with Crippen LogP contribution in [0.3, 0.4) is 0 Å². The predicted molar refractivity (Wildman–Crippen MR) is 57.5 cm³/mol.